The van der Waals surface area contributed by atoms with Crippen molar-refractivity contribution in [3.63, 3.8) is 0 Å². The number of amides is 2. The highest BCUT2D eigenvalue weighted by molar-refractivity contribution is 7.14. The number of nitrogens with one attached hydrogen (secondary N) is 1. The summed E-state index contributed by atoms with van der Waals surface area (Å²) in [5.41, 5.74) is 1.71. The second kappa shape index (κ2) is 9.93. The van der Waals surface area contributed by atoms with Gasteiger partial charge in [0.15, 0.2) is 0 Å². The number of hydrogen-bond acceptors (Lipinski definition) is 6. The van der Waals surface area contributed by atoms with E-state index in [0.717, 1.165) is 34.4 Å². The Morgan fingerprint density at radius 2 is 1.93 bits per heavy atom. The summed E-state index contributed by atoms with van der Waals surface area (Å²) in [4.78, 5) is 29.2. The zero-order valence-electron chi connectivity index (χ0n) is 17.4. The zero-order valence-corrected chi connectivity index (χ0v) is 18.2. The van der Waals surface area contributed by atoms with Crippen LogP contribution < -0.4 is 5.32 Å². The molecule has 1 N–H and O–H groups in total. The van der Waals surface area contributed by atoms with E-state index in [0.29, 0.717) is 32.5 Å². The number of aryl methyl sites for hydroxylation is 1. The number of likely N-dealkylation sites (N-methyl/N-ethyl adjacent to an activating group) is 1. The molecule has 1 aliphatic heterocycles. The molecule has 0 radical (unpaired) electrons. The summed E-state index contributed by atoms with van der Waals surface area (Å²) in [5.74, 6) is 0.110. The highest BCUT2D eigenvalue weighted by Gasteiger charge is 2.27. The van der Waals surface area contributed by atoms with E-state index in [1.54, 1.807) is 0 Å². The van der Waals surface area contributed by atoms with E-state index in [1.807, 2.05) is 36.1 Å². The van der Waals surface area contributed by atoms with Crippen LogP contribution in [0.3, 0.4) is 0 Å². The molecule has 156 valence electrons. The second-order valence-electron chi connectivity index (χ2n) is 7.31. The van der Waals surface area contributed by atoms with Gasteiger partial charge in [-0.3, -0.25) is 14.5 Å². The summed E-state index contributed by atoms with van der Waals surface area (Å²) in [6.45, 7) is 9.54. The third-order valence-electron chi connectivity index (χ3n) is 5.37. The van der Waals surface area contributed by atoms with Gasteiger partial charge >= 0.3 is 0 Å². The Labute approximate surface area is 176 Å². The maximum absolute atomic E-state index is 12.7. The van der Waals surface area contributed by atoms with Gasteiger partial charge in [0.25, 0.3) is 0 Å². The maximum atomic E-state index is 12.7. The Morgan fingerprint density at radius 3 is 2.55 bits per heavy atom. The maximum Gasteiger partial charge on any atom is 0.236 e. The van der Waals surface area contributed by atoms with Gasteiger partial charge in [-0.05, 0) is 45.0 Å². The van der Waals surface area contributed by atoms with Crippen LogP contribution in [-0.4, -0.2) is 64.5 Å². The first-order valence-electron chi connectivity index (χ1n) is 10.2. The predicted molar refractivity (Wildman–Crippen MR) is 116 cm³/mol. The van der Waals surface area contributed by atoms with Gasteiger partial charge in [-0.1, -0.05) is 37.3 Å². The number of carbonyl (C=O) groups is 2. The molecule has 2 aromatic rings. The first kappa shape index (κ1) is 21.4. The van der Waals surface area contributed by atoms with E-state index < -0.39 is 0 Å². The van der Waals surface area contributed by atoms with E-state index in [4.69, 9.17) is 0 Å². The van der Waals surface area contributed by atoms with Crippen LogP contribution >= 0.6 is 11.3 Å². The summed E-state index contributed by atoms with van der Waals surface area (Å²) in [6.07, 6.45) is 1.40. The van der Waals surface area contributed by atoms with Crippen molar-refractivity contribution in [1.29, 1.82) is 0 Å². The standard InChI is InChI=1S/C21H29N5O2S/c1-4-25(5-2)14-19(27)26-11-9-16(10-12-26)20(28)22-18-8-6-7-17(13-18)21-24-23-15(3)29-21/h6-8,13,16H,4-5,9-12,14H2,1-3H3,(H,22,28). The van der Waals surface area contributed by atoms with Crippen LogP contribution in [-0.2, 0) is 9.59 Å². The van der Waals surface area contributed by atoms with Crippen LogP contribution in [0.15, 0.2) is 24.3 Å². The minimum absolute atomic E-state index is 0.0198. The van der Waals surface area contributed by atoms with E-state index in [-0.39, 0.29) is 17.7 Å². The lowest BCUT2D eigenvalue weighted by Gasteiger charge is -2.32. The quantitative estimate of drug-likeness (QED) is 0.752. The second-order valence-corrected chi connectivity index (χ2v) is 8.49. The van der Waals surface area contributed by atoms with Crippen LogP contribution in [0.4, 0.5) is 5.69 Å². The smallest absolute Gasteiger partial charge is 0.236 e. The lowest BCUT2D eigenvalue weighted by Crippen LogP contribution is -2.45. The molecule has 8 heteroatoms. The number of rotatable bonds is 7. The highest BCUT2D eigenvalue weighted by Crippen LogP contribution is 2.26. The van der Waals surface area contributed by atoms with E-state index in [2.05, 4.69) is 34.3 Å². The molecular weight excluding hydrogens is 386 g/mol. The predicted octanol–water partition coefficient (Wildman–Crippen LogP) is 3.03. The highest BCUT2D eigenvalue weighted by atomic mass is 32.1. The molecule has 2 heterocycles. The van der Waals surface area contributed by atoms with Crippen molar-refractivity contribution in [2.45, 2.75) is 33.6 Å². The van der Waals surface area contributed by atoms with Crippen LogP contribution in [0, 0.1) is 12.8 Å². The number of hydrogen-bond donors (Lipinski definition) is 1. The Morgan fingerprint density at radius 1 is 1.21 bits per heavy atom. The van der Waals surface area contributed by atoms with Crippen molar-refractivity contribution in [3.8, 4) is 10.6 Å². The van der Waals surface area contributed by atoms with Gasteiger partial charge in [-0.25, -0.2) is 0 Å². The molecule has 0 saturated carbocycles. The number of benzene rings is 1. The van der Waals surface area contributed by atoms with Crippen LogP contribution in [0.5, 0.6) is 0 Å². The summed E-state index contributed by atoms with van der Waals surface area (Å²) in [7, 11) is 0. The molecule has 1 aromatic heterocycles. The lowest BCUT2D eigenvalue weighted by molar-refractivity contribution is -0.135. The van der Waals surface area contributed by atoms with E-state index in [9.17, 15) is 9.59 Å². The van der Waals surface area contributed by atoms with Crippen LogP contribution in [0.2, 0.25) is 0 Å². The SMILES string of the molecule is CCN(CC)CC(=O)N1CCC(C(=O)Nc2cccc(-c3nnc(C)s3)c2)CC1. The van der Waals surface area contributed by atoms with Crippen molar-refractivity contribution in [1.82, 2.24) is 20.0 Å². The molecule has 0 aliphatic carbocycles. The fourth-order valence-electron chi connectivity index (χ4n) is 3.52. The number of carbonyl (C=O) groups excluding carboxylic acids is 2. The third kappa shape index (κ3) is 5.61. The molecule has 2 amide bonds. The normalized spacial score (nSPS) is 15.0. The molecule has 1 fully saturated rings. The molecule has 1 aromatic carbocycles. The first-order valence-corrected chi connectivity index (χ1v) is 11.0. The number of aromatic nitrogens is 2. The van der Waals surface area contributed by atoms with Gasteiger partial charge in [0.2, 0.25) is 11.8 Å². The molecule has 3 rings (SSSR count). The van der Waals surface area contributed by atoms with E-state index in [1.165, 1.54) is 11.3 Å². The Balaban J connectivity index is 1.53. The minimum Gasteiger partial charge on any atom is -0.342 e. The van der Waals surface area contributed by atoms with Crippen LogP contribution in [0.25, 0.3) is 10.6 Å². The molecule has 0 spiro atoms. The average Bonchev–Trinajstić information content (AvgIpc) is 3.18. The molecule has 0 bridgehead atoms. The number of anilines is 1. The summed E-state index contributed by atoms with van der Waals surface area (Å²) >= 11 is 1.53. The number of nitrogens with zero attached hydrogens (tertiary/aromatic N) is 4. The monoisotopic (exact) mass is 415 g/mol. The molecule has 7 nitrogen and oxygen atoms in total. The number of piperidine rings is 1. The number of likely N-dealkylation sites (tertiary alicyclic amines) is 1. The molecular formula is C21H29N5O2S. The van der Waals surface area contributed by atoms with Crippen molar-refractivity contribution < 1.29 is 9.59 Å². The Hall–Kier alpha value is -2.32. The van der Waals surface area contributed by atoms with Gasteiger partial charge < -0.3 is 10.2 Å². The van der Waals surface area contributed by atoms with E-state index >= 15 is 0 Å². The summed E-state index contributed by atoms with van der Waals surface area (Å²) in [5, 5.41) is 13.0. The lowest BCUT2D eigenvalue weighted by atomic mass is 9.95. The van der Waals surface area contributed by atoms with Crippen molar-refractivity contribution in [3.05, 3.63) is 29.3 Å². The molecule has 1 aliphatic rings. The van der Waals surface area contributed by atoms with Gasteiger partial charge in [0.1, 0.15) is 10.0 Å². The Bertz CT molecular complexity index is 841. The molecule has 0 atom stereocenters. The fourth-order valence-corrected chi connectivity index (χ4v) is 4.21. The van der Waals surface area contributed by atoms with Gasteiger partial charge in [-0.2, -0.15) is 0 Å². The third-order valence-corrected chi connectivity index (χ3v) is 6.26. The zero-order chi connectivity index (χ0) is 20.8. The van der Waals surface area contributed by atoms with Crippen LogP contribution in [0.1, 0.15) is 31.7 Å². The Kier molecular flexibility index (Phi) is 7.33. The van der Waals surface area contributed by atoms with Gasteiger partial charge in [0, 0.05) is 30.3 Å². The summed E-state index contributed by atoms with van der Waals surface area (Å²) < 4.78 is 0. The van der Waals surface area contributed by atoms with Crippen molar-refractivity contribution >= 4 is 28.8 Å². The van der Waals surface area contributed by atoms with Gasteiger partial charge in [0.05, 0.1) is 6.54 Å². The minimum atomic E-state index is -0.0695. The summed E-state index contributed by atoms with van der Waals surface area (Å²) in [6, 6.07) is 7.70. The first-order chi connectivity index (χ1) is 14.0. The average molecular weight is 416 g/mol. The molecule has 29 heavy (non-hydrogen) atoms. The topological polar surface area (TPSA) is 78.4 Å². The fraction of sp³-hybridized carbons (Fsp3) is 0.524. The van der Waals surface area contributed by atoms with Crippen molar-refractivity contribution in [2.24, 2.45) is 5.92 Å². The largest absolute Gasteiger partial charge is 0.342 e. The van der Waals surface area contributed by atoms with Gasteiger partial charge in [-0.15, -0.1) is 10.2 Å². The van der Waals surface area contributed by atoms with Crippen molar-refractivity contribution in [2.75, 3.05) is 38.0 Å². The molecule has 0 unspecified atom stereocenters. The molecule has 1 saturated heterocycles.